The molecule has 0 heterocycles. The number of para-hydroxylation sites is 1. The van der Waals surface area contributed by atoms with Crippen molar-refractivity contribution in [3.8, 4) is 0 Å². The fraction of sp³-hybridized carbons (Fsp3) is 0.310. The number of rotatable bonds is 6. The zero-order valence-electron chi connectivity index (χ0n) is 19.3. The topological polar surface area (TPSA) is 78.4 Å². The summed E-state index contributed by atoms with van der Waals surface area (Å²) in [7, 11) is 0. The van der Waals surface area contributed by atoms with Crippen molar-refractivity contribution in [2.75, 3.05) is 10.6 Å². The molecular weight excluding hydrogens is 460 g/mol. The van der Waals surface area contributed by atoms with Gasteiger partial charge in [-0.3, -0.25) is 4.79 Å². The SMILES string of the molecule is O=C(Nc1ccc(C23CC4CC(CC2C4)C3)cc1Cl)c1ccc(Nc2ccccc2C(=O)O)cc1. The lowest BCUT2D eigenvalue weighted by Crippen LogP contribution is -2.27. The van der Waals surface area contributed by atoms with Crippen LogP contribution in [0.5, 0.6) is 0 Å². The van der Waals surface area contributed by atoms with Crippen molar-refractivity contribution < 1.29 is 14.7 Å². The van der Waals surface area contributed by atoms with Crippen molar-refractivity contribution >= 4 is 40.5 Å². The van der Waals surface area contributed by atoms with Gasteiger partial charge in [0.25, 0.3) is 5.91 Å². The Kier molecular flexibility index (Phi) is 5.33. The quantitative estimate of drug-likeness (QED) is 0.347. The number of halogens is 1. The first kappa shape index (κ1) is 22.2. The van der Waals surface area contributed by atoms with Crippen molar-refractivity contribution in [2.24, 2.45) is 17.8 Å². The van der Waals surface area contributed by atoms with E-state index in [1.807, 2.05) is 6.07 Å². The van der Waals surface area contributed by atoms with E-state index in [1.165, 1.54) is 37.7 Å². The van der Waals surface area contributed by atoms with E-state index in [4.69, 9.17) is 11.6 Å². The van der Waals surface area contributed by atoms with Gasteiger partial charge in [0.15, 0.2) is 0 Å². The fourth-order valence-corrected chi connectivity index (χ4v) is 7.26. The first-order chi connectivity index (χ1) is 16.9. The van der Waals surface area contributed by atoms with E-state index in [-0.39, 0.29) is 11.5 Å². The Morgan fingerprint density at radius 1 is 0.886 bits per heavy atom. The van der Waals surface area contributed by atoms with Crippen LogP contribution in [0, 0.1) is 17.8 Å². The number of carboxylic acid groups (broad SMARTS) is 1. The van der Waals surface area contributed by atoms with E-state index in [0.717, 1.165) is 17.8 Å². The van der Waals surface area contributed by atoms with Crippen LogP contribution in [-0.4, -0.2) is 17.0 Å². The summed E-state index contributed by atoms with van der Waals surface area (Å²) < 4.78 is 0. The van der Waals surface area contributed by atoms with Crippen LogP contribution >= 0.6 is 11.6 Å². The molecule has 4 aliphatic carbocycles. The van der Waals surface area contributed by atoms with Gasteiger partial charge in [-0.25, -0.2) is 4.79 Å². The van der Waals surface area contributed by atoms with E-state index < -0.39 is 5.97 Å². The molecule has 7 rings (SSSR count). The van der Waals surface area contributed by atoms with E-state index >= 15 is 0 Å². The summed E-state index contributed by atoms with van der Waals surface area (Å²) in [5.41, 5.74) is 4.12. The fourth-order valence-electron chi connectivity index (χ4n) is 7.03. The lowest BCUT2D eigenvalue weighted by Gasteiger charge is -2.33. The smallest absolute Gasteiger partial charge is 0.337 e. The summed E-state index contributed by atoms with van der Waals surface area (Å²) in [4.78, 5) is 24.3. The minimum Gasteiger partial charge on any atom is -0.478 e. The zero-order chi connectivity index (χ0) is 24.2. The highest BCUT2D eigenvalue weighted by Gasteiger charge is 2.58. The molecule has 3 N–H and O–H groups in total. The van der Waals surface area contributed by atoms with Crippen molar-refractivity contribution in [1.29, 1.82) is 0 Å². The summed E-state index contributed by atoms with van der Waals surface area (Å²) in [6.07, 6.45) is 6.69. The number of aromatic carboxylic acids is 1. The van der Waals surface area contributed by atoms with Gasteiger partial charge in [-0.15, -0.1) is 0 Å². The lowest BCUT2D eigenvalue weighted by molar-refractivity contribution is 0.0697. The molecule has 0 aliphatic heterocycles. The molecule has 1 amide bonds. The monoisotopic (exact) mass is 486 g/mol. The first-order valence-electron chi connectivity index (χ1n) is 12.2. The van der Waals surface area contributed by atoms with Gasteiger partial charge in [-0.05, 0) is 109 Å². The number of carbonyl (C=O) groups is 2. The van der Waals surface area contributed by atoms with E-state index in [2.05, 4.69) is 22.8 Å². The van der Waals surface area contributed by atoms with Gasteiger partial charge < -0.3 is 15.7 Å². The predicted octanol–water partition coefficient (Wildman–Crippen LogP) is 7.11. The van der Waals surface area contributed by atoms with Gasteiger partial charge >= 0.3 is 5.97 Å². The molecule has 5 nitrogen and oxygen atoms in total. The molecule has 0 aromatic heterocycles. The average Bonchev–Trinajstić information content (AvgIpc) is 3.25. The molecule has 4 bridgehead atoms. The molecule has 35 heavy (non-hydrogen) atoms. The van der Waals surface area contributed by atoms with Crippen LogP contribution in [0.1, 0.15) is 58.4 Å². The molecule has 0 saturated heterocycles. The Labute approximate surface area is 209 Å². The molecule has 2 atom stereocenters. The first-order valence-corrected chi connectivity index (χ1v) is 12.6. The van der Waals surface area contributed by atoms with Crippen LogP contribution in [0.15, 0.2) is 66.7 Å². The van der Waals surface area contributed by atoms with Gasteiger partial charge in [-0.1, -0.05) is 29.8 Å². The number of carboxylic acids is 1. The molecule has 4 aliphatic rings. The van der Waals surface area contributed by atoms with Crippen molar-refractivity contribution in [1.82, 2.24) is 0 Å². The third kappa shape index (κ3) is 3.88. The number of nitrogens with one attached hydrogen (secondary N) is 2. The molecule has 3 aromatic rings. The normalized spacial score (nSPS) is 26.0. The highest BCUT2D eigenvalue weighted by molar-refractivity contribution is 6.34. The molecule has 178 valence electrons. The second kappa shape index (κ2) is 8.42. The molecule has 4 saturated carbocycles. The predicted molar refractivity (Wildman–Crippen MR) is 138 cm³/mol. The minimum absolute atomic E-state index is 0.186. The number of benzene rings is 3. The summed E-state index contributed by atoms with van der Waals surface area (Å²) >= 11 is 6.66. The Morgan fingerprint density at radius 2 is 1.60 bits per heavy atom. The van der Waals surface area contributed by atoms with Gasteiger partial charge in [0.2, 0.25) is 0 Å². The summed E-state index contributed by atoms with van der Waals surface area (Å²) in [5.74, 6) is 1.30. The summed E-state index contributed by atoms with van der Waals surface area (Å²) in [6, 6.07) is 19.8. The molecular formula is C29H27ClN2O3. The molecule has 4 fully saturated rings. The number of hydrogen-bond donors (Lipinski definition) is 3. The van der Waals surface area contributed by atoms with Crippen LogP contribution in [0.2, 0.25) is 5.02 Å². The third-order valence-electron chi connectivity index (χ3n) is 8.37. The van der Waals surface area contributed by atoms with Gasteiger partial charge in [-0.2, -0.15) is 0 Å². The largest absolute Gasteiger partial charge is 0.478 e. The minimum atomic E-state index is -1.00. The molecule has 0 radical (unpaired) electrons. The van der Waals surface area contributed by atoms with Crippen LogP contribution < -0.4 is 10.6 Å². The van der Waals surface area contributed by atoms with Crippen molar-refractivity contribution in [2.45, 2.75) is 37.5 Å². The summed E-state index contributed by atoms with van der Waals surface area (Å²) in [6.45, 7) is 0. The van der Waals surface area contributed by atoms with Crippen molar-refractivity contribution in [3.05, 3.63) is 88.4 Å². The van der Waals surface area contributed by atoms with Gasteiger partial charge in [0.05, 0.1) is 22.0 Å². The Morgan fingerprint density at radius 3 is 2.29 bits per heavy atom. The Bertz CT molecular complexity index is 1310. The third-order valence-corrected chi connectivity index (χ3v) is 8.68. The van der Waals surface area contributed by atoms with E-state index in [0.29, 0.717) is 33.1 Å². The number of hydrogen-bond acceptors (Lipinski definition) is 3. The Hall–Kier alpha value is -3.31. The molecule has 2 unspecified atom stereocenters. The van der Waals surface area contributed by atoms with E-state index in [1.54, 1.807) is 48.5 Å². The maximum atomic E-state index is 12.9. The number of anilines is 3. The van der Waals surface area contributed by atoms with Gasteiger partial charge in [0, 0.05) is 11.3 Å². The zero-order valence-corrected chi connectivity index (χ0v) is 20.0. The average molecular weight is 487 g/mol. The van der Waals surface area contributed by atoms with E-state index in [9.17, 15) is 14.7 Å². The highest BCUT2D eigenvalue weighted by atomic mass is 35.5. The second-order valence-corrected chi connectivity index (χ2v) is 10.8. The van der Waals surface area contributed by atoms with Crippen LogP contribution in [-0.2, 0) is 5.41 Å². The standard InChI is InChI=1S/C29H27ClN2O3/c30-24-14-20(29-15-17-11-18(16-29)13-21(29)12-17)7-10-26(24)32-27(33)19-5-8-22(9-6-19)31-25-4-2-1-3-23(25)28(34)35/h1-10,14,17-18,21,31H,11-13,15-16H2,(H,32,33)(H,34,35). The van der Waals surface area contributed by atoms with Crippen molar-refractivity contribution in [3.63, 3.8) is 0 Å². The van der Waals surface area contributed by atoms with Crippen LogP contribution in [0.4, 0.5) is 17.1 Å². The van der Waals surface area contributed by atoms with Crippen LogP contribution in [0.25, 0.3) is 0 Å². The molecule has 0 spiro atoms. The lowest BCUT2D eigenvalue weighted by atomic mass is 9.71. The summed E-state index contributed by atoms with van der Waals surface area (Å²) in [5, 5.41) is 16.0. The number of carbonyl (C=O) groups excluding carboxylic acids is 1. The van der Waals surface area contributed by atoms with Gasteiger partial charge in [0.1, 0.15) is 0 Å². The number of amides is 1. The molecule has 6 heteroatoms. The second-order valence-electron chi connectivity index (χ2n) is 10.4. The maximum absolute atomic E-state index is 12.9. The highest BCUT2D eigenvalue weighted by Crippen LogP contribution is 2.66. The molecule has 3 aromatic carbocycles. The Balaban J connectivity index is 1.15. The van der Waals surface area contributed by atoms with Crippen LogP contribution in [0.3, 0.4) is 0 Å². The maximum Gasteiger partial charge on any atom is 0.337 e.